The summed E-state index contributed by atoms with van der Waals surface area (Å²) in [6.45, 7) is 4.27. The number of amides is 1. The molecule has 0 unspecified atom stereocenters. The Hall–Kier alpha value is -2.14. The standard InChI is InChI=1S/C20H25NO3S/c1-3-7-18(15-25(23)19-12-10-16(2)11-13-19)21-20(22)24-14-17-8-5-4-6-9-17/h4-6,8-13,18H,3,7,14-15H2,1-2H3,(H,21,22)/t18-,25-/m1/s1. The van der Waals surface area contributed by atoms with Crippen LogP contribution in [-0.2, 0) is 22.1 Å². The van der Waals surface area contributed by atoms with Crippen molar-refractivity contribution < 1.29 is 13.7 Å². The normalized spacial score (nSPS) is 13.0. The SMILES string of the molecule is CCC[C@H](C[S@@](=O)c1ccc(C)cc1)NC(=O)OCc1ccccc1. The third-order valence-electron chi connectivity index (χ3n) is 3.81. The Kier molecular flexibility index (Phi) is 7.67. The van der Waals surface area contributed by atoms with Gasteiger partial charge in [-0.2, -0.15) is 0 Å². The Morgan fingerprint density at radius 2 is 1.80 bits per heavy atom. The van der Waals surface area contributed by atoms with E-state index in [1.807, 2.05) is 68.4 Å². The molecule has 0 aliphatic rings. The largest absolute Gasteiger partial charge is 0.445 e. The lowest BCUT2D eigenvalue weighted by molar-refractivity contribution is 0.136. The molecule has 2 aromatic carbocycles. The second kappa shape index (κ2) is 9.99. The lowest BCUT2D eigenvalue weighted by atomic mass is 10.2. The summed E-state index contributed by atoms with van der Waals surface area (Å²) in [5.74, 6) is 0.386. The van der Waals surface area contributed by atoms with E-state index >= 15 is 0 Å². The number of carbonyl (C=O) groups excluding carboxylic acids is 1. The molecule has 1 N–H and O–H groups in total. The Balaban J connectivity index is 1.87. The molecule has 2 rings (SSSR count). The van der Waals surface area contributed by atoms with Crippen molar-refractivity contribution in [3.8, 4) is 0 Å². The minimum Gasteiger partial charge on any atom is -0.445 e. The fourth-order valence-corrected chi connectivity index (χ4v) is 3.69. The van der Waals surface area contributed by atoms with E-state index in [9.17, 15) is 9.00 Å². The molecule has 134 valence electrons. The molecule has 2 aromatic rings. The van der Waals surface area contributed by atoms with Crippen LogP contribution in [0.15, 0.2) is 59.5 Å². The summed E-state index contributed by atoms with van der Waals surface area (Å²) < 4.78 is 17.8. The summed E-state index contributed by atoms with van der Waals surface area (Å²) in [5, 5.41) is 2.85. The molecule has 5 heteroatoms. The number of nitrogens with one attached hydrogen (secondary N) is 1. The van der Waals surface area contributed by atoms with Gasteiger partial charge in [-0.15, -0.1) is 0 Å². The number of benzene rings is 2. The summed E-state index contributed by atoms with van der Waals surface area (Å²) in [6, 6.07) is 17.0. The van der Waals surface area contributed by atoms with Crippen LogP contribution in [0.5, 0.6) is 0 Å². The molecule has 0 saturated heterocycles. The molecule has 0 fully saturated rings. The molecule has 1 amide bonds. The van der Waals surface area contributed by atoms with E-state index in [1.165, 1.54) is 0 Å². The number of alkyl carbamates (subject to hydrolysis) is 1. The first-order valence-electron chi connectivity index (χ1n) is 8.50. The number of rotatable bonds is 8. The minimum atomic E-state index is -1.15. The predicted molar refractivity (Wildman–Crippen MR) is 101 cm³/mol. The van der Waals surface area contributed by atoms with Crippen molar-refractivity contribution in [1.82, 2.24) is 5.32 Å². The summed E-state index contributed by atoms with van der Waals surface area (Å²) in [7, 11) is -1.15. The van der Waals surface area contributed by atoms with Gasteiger partial charge in [-0.25, -0.2) is 4.79 Å². The van der Waals surface area contributed by atoms with Crippen LogP contribution in [0.2, 0.25) is 0 Å². The third kappa shape index (κ3) is 6.70. The molecule has 4 nitrogen and oxygen atoms in total. The van der Waals surface area contributed by atoms with Crippen molar-refractivity contribution in [1.29, 1.82) is 0 Å². The molecule has 2 atom stereocenters. The fourth-order valence-electron chi connectivity index (χ4n) is 2.45. The van der Waals surface area contributed by atoms with Gasteiger partial charge in [-0.3, -0.25) is 4.21 Å². The maximum absolute atomic E-state index is 12.5. The maximum Gasteiger partial charge on any atom is 0.407 e. The molecule has 0 aliphatic carbocycles. The van der Waals surface area contributed by atoms with Crippen molar-refractivity contribution in [2.24, 2.45) is 0 Å². The fraction of sp³-hybridized carbons (Fsp3) is 0.350. The predicted octanol–water partition coefficient (Wildman–Crippen LogP) is 4.20. The Morgan fingerprint density at radius 3 is 2.44 bits per heavy atom. The zero-order valence-electron chi connectivity index (χ0n) is 14.7. The third-order valence-corrected chi connectivity index (χ3v) is 5.31. The van der Waals surface area contributed by atoms with E-state index in [0.717, 1.165) is 28.9 Å². The highest BCUT2D eigenvalue weighted by atomic mass is 32.2. The summed E-state index contributed by atoms with van der Waals surface area (Å²) >= 11 is 0. The van der Waals surface area contributed by atoms with E-state index in [-0.39, 0.29) is 12.6 Å². The van der Waals surface area contributed by atoms with E-state index in [4.69, 9.17) is 4.74 Å². The van der Waals surface area contributed by atoms with Gasteiger partial charge >= 0.3 is 6.09 Å². The molecule has 0 bridgehead atoms. The van der Waals surface area contributed by atoms with Crippen LogP contribution in [0.3, 0.4) is 0 Å². The molecule has 0 radical (unpaired) electrons. The van der Waals surface area contributed by atoms with Gasteiger partial charge in [0.1, 0.15) is 6.61 Å². The van der Waals surface area contributed by atoms with Gasteiger partial charge in [0.15, 0.2) is 0 Å². The van der Waals surface area contributed by atoms with E-state index in [0.29, 0.717) is 5.75 Å². The lowest BCUT2D eigenvalue weighted by Gasteiger charge is -2.18. The van der Waals surface area contributed by atoms with Gasteiger partial charge in [-0.1, -0.05) is 61.4 Å². The van der Waals surface area contributed by atoms with Crippen molar-refractivity contribution in [3.63, 3.8) is 0 Å². The Morgan fingerprint density at radius 1 is 1.12 bits per heavy atom. The highest BCUT2D eigenvalue weighted by molar-refractivity contribution is 7.85. The average Bonchev–Trinajstić information content (AvgIpc) is 2.61. The van der Waals surface area contributed by atoms with Crippen LogP contribution >= 0.6 is 0 Å². The number of hydrogen-bond acceptors (Lipinski definition) is 3. The van der Waals surface area contributed by atoms with Gasteiger partial charge in [-0.05, 0) is 31.0 Å². The molecule has 0 aliphatic heterocycles. The Labute approximate surface area is 152 Å². The van der Waals surface area contributed by atoms with Gasteiger partial charge in [0, 0.05) is 16.7 Å². The van der Waals surface area contributed by atoms with Crippen LogP contribution in [0, 0.1) is 6.92 Å². The zero-order valence-corrected chi connectivity index (χ0v) is 15.6. The number of aryl methyl sites for hydroxylation is 1. The zero-order chi connectivity index (χ0) is 18.1. The van der Waals surface area contributed by atoms with Gasteiger partial charge in [0.25, 0.3) is 0 Å². The van der Waals surface area contributed by atoms with E-state index < -0.39 is 16.9 Å². The van der Waals surface area contributed by atoms with Crippen LogP contribution < -0.4 is 5.32 Å². The van der Waals surface area contributed by atoms with E-state index in [2.05, 4.69) is 5.32 Å². The molecular weight excluding hydrogens is 334 g/mol. The number of ether oxygens (including phenoxy) is 1. The van der Waals surface area contributed by atoms with Gasteiger partial charge in [0.2, 0.25) is 0 Å². The topological polar surface area (TPSA) is 55.4 Å². The van der Waals surface area contributed by atoms with Crippen molar-refractivity contribution >= 4 is 16.9 Å². The Bertz CT molecular complexity index is 686. The van der Waals surface area contributed by atoms with Crippen molar-refractivity contribution in [2.75, 3.05) is 5.75 Å². The maximum atomic E-state index is 12.5. The van der Waals surface area contributed by atoms with E-state index in [1.54, 1.807) is 0 Å². The minimum absolute atomic E-state index is 0.171. The van der Waals surface area contributed by atoms with Gasteiger partial charge < -0.3 is 10.1 Å². The highest BCUT2D eigenvalue weighted by Crippen LogP contribution is 2.11. The second-order valence-electron chi connectivity index (χ2n) is 6.02. The van der Waals surface area contributed by atoms with Gasteiger partial charge in [0.05, 0.1) is 10.8 Å². The molecule has 0 aromatic heterocycles. The van der Waals surface area contributed by atoms with Crippen molar-refractivity contribution in [3.05, 3.63) is 65.7 Å². The summed E-state index contributed by atoms with van der Waals surface area (Å²) in [6.07, 6.45) is 1.19. The molecule has 25 heavy (non-hydrogen) atoms. The monoisotopic (exact) mass is 359 g/mol. The second-order valence-corrected chi connectivity index (χ2v) is 7.51. The first-order chi connectivity index (χ1) is 12.1. The van der Waals surface area contributed by atoms with Crippen molar-refractivity contribution in [2.45, 2.75) is 44.2 Å². The van der Waals surface area contributed by atoms with Crippen LogP contribution in [-0.4, -0.2) is 22.1 Å². The number of hydrogen-bond donors (Lipinski definition) is 1. The lowest BCUT2D eigenvalue weighted by Crippen LogP contribution is -2.38. The summed E-state index contributed by atoms with van der Waals surface area (Å²) in [5.41, 5.74) is 2.07. The molecule has 0 heterocycles. The quantitative estimate of drug-likeness (QED) is 0.768. The first kappa shape index (κ1) is 19.2. The number of carbonyl (C=O) groups is 1. The van der Waals surface area contributed by atoms with Crippen LogP contribution in [0.25, 0.3) is 0 Å². The summed E-state index contributed by atoms with van der Waals surface area (Å²) in [4.78, 5) is 12.8. The first-order valence-corrected chi connectivity index (χ1v) is 9.82. The average molecular weight is 359 g/mol. The molecular formula is C20H25NO3S. The highest BCUT2D eigenvalue weighted by Gasteiger charge is 2.17. The molecule has 0 saturated carbocycles. The molecule has 0 spiro atoms. The van der Waals surface area contributed by atoms with Crippen LogP contribution in [0.1, 0.15) is 30.9 Å². The van der Waals surface area contributed by atoms with Crippen LogP contribution in [0.4, 0.5) is 4.79 Å². The smallest absolute Gasteiger partial charge is 0.407 e.